The Kier molecular flexibility index (Phi) is 4.84. The van der Waals surface area contributed by atoms with Crippen LogP contribution in [0.3, 0.4) is 0 Å². The minimum atomic E-state index is -0.594. The number of aliphatic hydroxyl groups excluding tert-OH is 1. The van der Waals surface area contributed by atoms with Gasteiger partial charge in [-0.3, -0.25) is 4.79 Å². The van der Waals surface area contributed by atoms with Crippen molar-refractivity contribution in [3.63, 3.8) is 0 Å². The van der Waals surface area contributed by atoms with Crippen LogP contribution in [0.25, 0.3) is 0 Å². The summed E-state index contributed by atoms with van der Waals surface area (Å²) in [5.74, 6) is -1.15. The Morgan fingerprint density at radius 3 is 2.72 bits per heavy atom. The molecule has 7 nitrogen and oxygen atoms in total. The van der Waals surface area contributed by atoms with E-state index in [0.29, 0.717) is 43.4 Å². The van der Waals surface area contributed by atoms with Crippen LogP contribution in [0.1, 0.15) is 46.5 Å². The fourth-order valence-corrected chi connectivity index (χ4v) is 6.00. The third-order valence-electron chi connectivity index (χ3n) is 7.75. The molecule has 4 rings (SSSR count). The summed E-state index contributed by atoms with van der Waals surface area (Å²) < 4.78 is 15.9. The maximum Gasteiger partial charge on any atom is 0.334 e. The Morgan fingerprint density at radius 2 is 2.07 bits per heavy atom. The largest absolute Gasteiger partial charge is 0.461 e. The molecule has 6 atom stereocenters. The summed E-state index contributed by atoms with van der Waals surface area (Å²) in [4.78, 5) is 36.0. The smallest absolute Gasteiger partial charge is 0.334 e. The van der Waals surface area contributed by atoms with Crippen LogP contribution in [0.4, 0.5) is 0 Å². The number of esters is 3. The first-order chi connectivity index (χ1) is 13.7. The summed E-state index contributed by atoms with van der Waals surface area (Å²) in [7, 11) is 0. The van der Waals surface area contributed by atoms with Crippen molar-refractivity contribution in [2.45, 2.75) is 58.7 Å². The number of cyclic esters (lactones) is 2. The molecule has 1 saturated heterocycles. The van der Waals surface area contributed by atoms with Gasteiger partial charge in [0, 0.05) is 23.5 Å². The van der Waals surface area contributed by atoms with Gasteiger partial charge in [-0.1, -0.05) is 13.8 Å². The van der Waals surface area contributed by atoms with Gasteiger partial charge in [-0.25, -0.2) is 9.59 Å². The molecule has 1 saturated carbocycles. The topological polar surface area (TPSA) is 99.1 Å². The molecule has 7 heteroatoms. The molecule has 4 aliphatic rings. The van der Waals surface area contributed by atoms with Crippen LogP contribution in [0.2, 0.25) is 0 Å². The van der Waals surface area contributed by atoms with Crippen LogP contribution < -0.4 is 0 Å². The first-order valence-corrected chi connectivity index (χ1v) is 10.3. The SMILES string of the molecule is CC(=O)OC1C=C2C(=O)OCC23CC(O)C(C)C(C)(CCC2=CCOC2=O)C3C1. The van der Waals surface area contributed by atoms with Gasteiger partial charge in [-0.15, -0.1) is 0 Å². The van der Waals surface area contributed by atoms with Crippen LogP contribution in [0.15, 0.2) is 23.3 Å². The molecule has 2 aliphatic heterocycles. The van der Waals surface area contributed by atoms with E-state index in [1.54, 1.807) is 6.08 Å². The van der Waals surface area contributed by atoms with Gasteiger partial charge < -0.3 is 19.3 Å². The summed E-state index contributed by atoms with van der Waals surface area (Å²) >= 11 is 0. The van der Waals surface area contributed by atoms with Gasteiger partial charge in [0.15, 0.2) is 0 Å². The molecule has 2 aliphatic carbocycles. The summed E-state index contributed by atoms with van der Waals surface area (Å²) in [5.41, 5.74) is 0.220. The molecule has 0 aromatic rings. The van der Waals surface area contributed by atoms with Crippen molar-refractivity contribution in [3.05, 3.63) is 23.3 Å². The molecule has 1 spiro atoms. The van der Waals surface area contributed by atoms with E-state index >= 15 is 0 Å². The van der Waals surface area contributed by atoms with E-state index in [1.165, 1.54) is 6.92 Å². The van der Waals surface area contributed by atoms with Crippen molar-refractivity contribution in [2.75, 3.05) is 13.2 Å². The van der Waals surface area contributed by atoms with Crippen molar-refractivity contribution < 1.29 is 33.7 Å². The summed E-state index contributed by atoms with van der Waals surface area (Å²) in [6.45, 7) is 6.04. The lowest BCUT2D eigenvalue weighted by atomic mass is 9.45. The van der Waals surface area contributed by atoms with Gasteiger partial charge in [-0.2, -0.15) is 0 Å². The maximum atomic E-state index is 12.5. The Labute approximate surface area is 170 Å². The van der Waals surface area contributed by atoms with E-state index in [1.807, 2.05) is 13.0 Å². The lowest BCUT2D eigenvalue weighted by Crippen LogP contribution is -2.58. The molecule has 0 amide bonds. The molecule has 0 bridgehead atoms. The lowest BCUT2D eigenvalue weighted by molar-refractivity contribution is -0.156. The third-order valence-corrected chi connectivity index (χ3v) is 7.75. The standard InChI is InChI=1S/C22H28O7/c1-12-17(24)10-22-11-28-20(26)16(22)8-15(29-13(2)23)9-18(22)21(12,3)6-4-14-5-7-27-19(14)25/h5,8,12,15,17-18,24H,4,6-7,9-11H2,1-3H3. The van der Waals surface area contributed by atoms with Crippen LogP contribution >= 0.6 is 0 Å². The number of hydrogen-bond acceptors (Lipinski definition) is 7. The average Bonchev–Trinajstić information content (AvgIpc) is 3.21. The third kappa shape index (κ3) is 3.10. The number of aliphatic hydroxyl groups is 1. The van der Waals surface area contributed by atoms with Gasteiger partial charge in [-0.05, 0) is 55.1 Å². The monoisotopic (exact) mass is 404 g/mol. The molecule has 0 aromatic heterocycles. The zero-order chi connectivity index (χ0) is 21.0. The molecule has 0 radical (unpaired) electrons. The van der Waals surface area contributed by atoms with Gasteiger partial charge >= 0.3 is 17.9 Å². The first-order valence-electron chi connectivity index (χ1n) is 10.3. The zero-order valence-electron chi connectivity index (χ0n) is 17.1. The second-order valence-corrected chi connectivity index (χ2v) is 9.14. The Morgan fingerprint density at radius 1 is 1.31 bits per heavy atom. The molecule has 29 heavy (non-hydrogen) atoms. The van der Waals surface area contributed by atoms with Crippen molar-refractivity contribution in [2.24, 2.45) is 22.7 Å². The average molecular weight is 404 g/mol. The predicted molar refractivity (Wildman–Crippen MR) is 101 cm³/mol. The van der Waals surface area contributed by atoms with E-state index in [0.717, 1.165) is 0 Å². The number of hydrogen-bond donors (Lipinski definition) is 1. The van der Waals surface area contributed by atoms with E-state index in [9.17, 15) is 19.5 Å². The minimum absolute atomic E-state index is 0.0257. The fraction of sp³-hybridized carbons (Fsp3) is 0.682. The number of ether oxygens (including phenoxy) is 3. The number of rotatable bonds is 4. The van der Waals surface area contributed by atoms with Crippen molar-refractivity contribution >= 4 is 17.9 Å². The normalized spacial score (nSPS) is 41.0. The zero-order valence-corrected chi connectivity index (χ0v) is 17.1. The Bertz CT molecular complexity index is 812. The second kappa shape index (κ2) is 6.97. The van der Waals surface area contributed by atoms with Gasteiger partial charge in [0.25, 0.3) is 0 Å². The molecular formula is C22H28O7. The Hall–Kier alpha value is -2.15. The summed E-state index contributed by atoms with van der Waals surface area (Å²) in [6.07, 6.45) is 4.65. The maximum absolute atomic E-state index is 12.5. The Balaban J connectivity index is 1.71. The van der Waals surface area contributed by atoms with Gasteiger partial charge in [0.1, 0.15) is 19.3 Å². The molecule has 0 aromatic carbocycles. The van der Waals surface area contributed by atoms with E-state index < -0.39 is 29.6 Å². The fourth-order valence-electron chi connectivity index (χ4n) is 6.00. The lowest BCUT2D eigenvalue weighted by Gasteiger charge is -2.58. The molecule has 2 heterocycles. The summed E-state index contributed by atoms with van der Waals surface area (Å²) in [6, 6.07) is 0. The highest BCUT2D eigenvalue weighted by Crippen LogP contribution is 2.64. The van der Waals surface area contributed by atoms with Crippen LogP contribution in [0, 0.1) is 22.7 Å². The first kappa shape index (κ1) is 20.1. The van der Waals surface area contributed by atoms with E-state index in [2.05, 4.69) is 6.92 Å². The van der Waals surface area contributed by atoms with Gasteiger partial charge in [0.2, 0.25) is 0 Å². The van der Waals surface area contributed by atoms with Crippen LogP contribution in [0.5, 0.6) is 0 Å². The highest BCUT2D eigenvalue weighted by molar-refractivity contribution is 5.93. The molecule has 2 fully saturated rings. The predicted octanol–water partition coefficient (Wildman–Crippen LogP) is 2.08. The number of carbonyl (C=O) groups is 3. The van der Waals surface area contributed by atoms with E-state index in [-0.39, 0.29) is 29.8 Å². The van der Waals surface area contributed by atoms with Crippen molar-refractivity contribution in [1.29, 1.82) is 0 Å². The molecule has 158 valence electrons. The van der Waals surface area contributed by atoms with Crippen molar-refractivity contribution in [1.82, 2.24) is 0 Å². The number of carbonyl (C=O) groups excluding carboxylic acids is 3. The molecule has 1 N–H and O–H groups in total. The van der Waals surface area contributed by atoms with Gasteiger partial charge in [0.05, 0.1) is 6.10 Å². The highest BCUT2D eigenvalue weighted by Gasteiger charge is 2.64. The second-order valence-electron chi connectivity index (χ2n) is 9.14. The van der Waals surface area contributed by atoms with Crippen LogP contribution in [-0.2, 0) is 28.6 Å². The quantitative estimate of drug-likeness (QED) is 0.566. The summed E-state index contributed by atoms with van der Waals surface area (Å²) in [5, 5.41) is 10.9. The van der Waals surface area contributed by atoms with E-state index in [4.69, 9.17) is 14.2 Å². The molecular weight excluding hydrogens is 376 g/mol. The molecule has 6 unspecified atom stereocenters. The minimum Gasteiger partial charge on any atom is -0.461 e. The van der Waals surface area contributed by atoms with Crippen LogP contribution in [-0.4, -0.2) is 48.4 Å². The highest BCUT2D eigenvalue weighted by atomic mass is 16.6. The van der Waals surface area contributed by atoms with Crippen molar-refractivity contribution in [3.8, 4) is 0 Å².